The highest BCUT2D eigenvalue weighted by Gasteiger charge is 2.25. The highest BCUT2D eigenvalue weighted by molar-refractivity contribution is 6.02. The van der Waals surface area contributed by atoms with Crippen molar-refractivity contribution in [2.24, 2.45) is 0 Å². The minimum Gasteiger partial charge on any atom is -0.339 e. The molecule has 30 heavy (non-hydrogen) atoms. The Balaban J connectivity index is 1.73. The molecule has 1 saturated heterocycles. The van der Waals surface area contributed by atoms with Crippen molar-refractivity contribution in [1.82, 2.24) is 21.0 Å². The predicted octanol–water partition coefficient (Wildman–Crippen LogP) is 0.448. The van der Waals surface area contributed by atoms with Crippen molar-refractivity contribution in [2.75, 3.05) is 38.0 Å². The molecule has 1 atom stereocenters. The van der Waals surface area contributed by atoms with E-state index < -0.39 is 11.9 Å². The van der Waals surface area contributed by atoms with Gasteiger partial charge >= 0.3 is 0 Å². The topological polar surface area (TPSA) is 123 Å². The summed E-state index contributed by atoms with van der Waals surface area (Å²) in [5.41, 5.74) is 2.62. The number of hydroxylamine groups is 1. The van der Waals surface area contributed by atoms with Crippen LogP contribution in [0.4, 0.5) is 5.69 Å². The largest absolute Gasteiger partial charge is 0.339 e. The fourth-order valence-corrected chi connectivity index (χ4v) is 3.21. The third-order valence-electron chi connectivity index (χ3n) is 4.80. The zero-order chi connectivity index (χ0) is 21.3. The highest BCUT2D eigenvalue weighted by atomic mass is 16.5. The van der Waals surface area contributed by atoms with Crippen LogP contribution in [0.3, 0.4) is 0 Å². The molecule has 9 nitrogen and oxygen atoms in total. The molecule has 5 N–H and O–H groups in total. The van der Waals surface area contributed by atoms with E-state index in [0.717, 1.165) is 26.2 Å². The summed E-state index contributed by atoms with van der Waals surface area (Å²) in [4.78, 5) is 39.3. The van der Waals surface area contributed by atoms with Crippen LogP contribution in [0.2, 0.25) is 0 Å². The van der Waals surface area contributed by atoms with E-state index in [4.69, 9.17) is 5.21 Å². The molecule has 1 fully saturated rings. The van der Waals surface area contributed by atoms with Gasteiger partial charge in [-0.2, -0.15) is 0 Å². The molecule has 0 bridgehead atoms. The van der Waals surface area contributed by atoms with Gasteiger partial charge in [0.15, 0.2) is 0 Å². The second-order valence-corrected chi connectivity index (χ2v) is 6.95. The van der Waals surface area contributed by atoms with E-state index >= 15 is 0 Å². The lowest BCUT2D eigenvalue weighted by molar-refractivity contribution is -0.118. The second-order valence-electron chi connectivity index (χ2n) is 6.95. The standard InChI is InChI=1S/C21H25N5O4/c27-19(15-5-2-1-3-6-15)24-18(14-26-11-9-22-10-12-26)21(29)23-17-8-4-7-16(13-17)20(28)25-30/h1-8,13,18,22,30H,9-12,14H2,(H,23,29)(H,24,27)(H,25,28). The number of hydrogen-bond acceptors (Lipinski definition) is 6. The van der Waals surface area contributed by atoms with Crippen LogP contribution in [0.5, 0.6) is 0 Å². The first-order valence-corrected chi connectivity index (χ1v) is 9.71. The van der Waals surface area contributed by atoms with Crippen molar-refractivity contribution >= 4 is 23.4 Å². The molecule has 158 valence electrons. The molecular formula is C21H25N5O4. The smallest absolute Gasteiger partial charge is 0.274 e. The van der Waals surface area contributed by atoms with E-state index in [2.05, 4.69) is 20.9 Å². The molecule has 0 aliphatic carbocycles. The third kappa shape index (κ3) is 5.86. The first-order chi connectivity index (χ1) is 14.6. The van der Waals surface area contributed by atoms with Crippen LogP contribution < -0.4 is 21.4 Å². The fourth-order valence-electron chi connectivity index (χ4n) is 3.21. The quantitative estimate of drug-likeness (QED) is 0.333. The molecule has 2 aromatic rings. The summed E-state index contributed by atoms with van der Waals surface area (Å²) in [6, 6.07) is 14.1. The van der Waals surface area contributed by atoms with Crippen molar-refractivity contribution in [1.29, 1.82) is 0 Å². The Labute approximate surface area is 174 Å². The molecule has 1 aliphatic heterocycles. The molecule has 0 radical (unpaired) electrons. The Morgan fingerprint density at radius 2 is 1.67 bits per heavy atom. The van der Waals surface area contributed by atoms with Crippen LogP contribution in [-0.2, 0) is 4.79 Å². The second kappa shape index (κ2) is 10.5. The number of carbonyl (C=O) groups excluding carboxylic acids is 3. The lowest BCUT2D eigenvalue weighted by Crippen LogP contribution is -2.54. The molecule has 3 rings (SSSR count). The summed E-state index contributed by atoms with van der Waals surface area (Å²) in [6.07, 6.45) is 0. The maximum Gasteiger partial charge on any atom is 0.274 e. The van der Waals surface area contributed by atoms with Gasteiger partial charge in [-0.25, -0.2) is 5.48 Å². The Morgan fingerprint density at radius 1 is 0.967 bits per heavy atom. The maximum absolute atomic E-state index is 13.0. The van der Waals surface area contributed by atoms with Crippen molar-refractivity contribution in [3.63, 3.8) is 0 Å². The summed E-state index contributed by atoms with van der Waals surface area (Å²) in [5.74, 6) is -1.40. The monoisotopic (exact) mass is 411 g/mol. The van der Waals surface area contributed by atoms with Crippen LogP contribution in [0.15, 0.2) is 54.6 Å². The fraction of sp³-hybridized carbons (Fsp3) is 0.286. The number of nitrogens with one attached hydrogen (secondary N) is 4. The van der Waals surface area contributed by atoms with Crippen LogP contribution in [0.1, 0.15) is 20.7 Å². The third-order valence-corrected chi connectivity index (χ3v) is 4.80. The van der Waals surface area contributed by atoms with Gasteiger partial charge in [0, 0.05) is 49.5 Å². The van der Waals surface area contributed by atoms with Crippen LogP contribution in [-0.4, -0.2) is 66.6 Å². The average Bonchev–Trinajstić information content (AvgIpc) is 2.79. The van der Waals surface area contributed by atoms with Crippen molar-refractivity contribution in [2.45, 2.75) is 6.04 Å². The first kappa shape index (κ1) is 21.4. The molecule has 1 unspecified atom stereocenters. The van der Waals surface area contributed by atoms with Crippen molar-refractivity contribution < 1.29 is 19.6 Å². The summed E-state index contributed by atoms with van der Waals surface area (Å²) < 4.78 is 0. The molecule has 0 spiro atoms. The number of nitrogens with zero attached hydrogens (tertiary/aromatic N) is 1. The van der Waals surface area contributed by atoms with Gasteiger partial charge in [0.25, 0.3) is 11.8 Å². The highest BCUT2D eigenvalue weighted by Crippen LogP contribution is 2.12. The molecule has 0 aromatic heterocycles. The van der Waals surface area contributed by atoms with Crippen LogP contribution >= 0.6 is 0 Å². The number of carbonyl (C=O) groups is 3. The number of anilines is 1. The van der Waals surface area contributed by atoms with Crippen LogP contribution in [0, 0.1) is 0 Å². The zero-order valence-corrected chi connectivity index (χ0v) is 16.4. The van der Waals surface area contributed by atoms with E-state index in [1.54, 1.807) is 41.9 Å². The summed E-state index contributed by atoms with van der Waals surface area (Å²) >= 11 is 0. The van der Waals surface area contributed by atoms with Crippen molar-refractivity contribution in [3.8, 4) is 0 Å². The van der Waals surface area contributed by atoms with Gasteiger partial charge in [-0.3, -0.25) is 24.5 Å². The number of benzene rings is 2. The van der Waals surface area contributed by atoms with Gasteiger partial charge < -0.3 is 16.0 Å². The van der Waals surface area contributed by atoms with E-state index in [-0.39, 0.29) is 17.4 Å². The molecule has 1 aliphatic rings. The lowest BCUT2D eigenvalue weighted by Gasteiger charge is -2.30. The van der Waals surface area contributed by atoms with Gasteiger partial charge in [0.2, 0.25) is 5.91 Å². The van der Waals surface area contributed by atoms with Gasteiger partial charge in [-0.15, -0.1) is 0 Å². The van der Waals surface area contributed by atoms with Gasteiger partial charge in [-0.05, 0) is 30.3 Å². The van der Waals surface area contributed by atoms with Gasteiger partial charge in [0.1, 0.15) is 6.04 Å². The number of piperazine rings is 1. The normalized spacial score (nSPS) is 15.1. The first-order valence-electron chi connectivity index (χ1n) is 9.71. The Bertz CT molecular complexity index is 884. The predicted molar refractivity (Wildman–Crippen MR) is 111 cm³/mol. The van der Waals surface area contributed by atoms with E-state index in [1.807, 2.05) is 6.07 Å². The summed E-state index contributed by atoms with van der Waals surface area (Å²) in [5, 5.41) is 17.6. The SMILES string of the molecule is O=C(NO)c1cccc(NC(=O)C(CN2CCNCC2)NC(=O)c2ccccc2)c1. The maximum atomic E-state index is 13.0. The Kier molecular flexibility index (Phi) is 7.50. The lowest BCUT2D eigenvalue weighted by atomic mass is 10.1. The molecular weight excluding hydrogens is 386 g/mol. The summed E-state index contributed by atoms with van der Waals surface area (Å²) in [6.45, 7) is 3.55. The molecule has 2 aromatic carbocycles. The number of rotatable bonds is 7. The van der Waals surface area contributed by atoms with E-state index in [1.165, 1.54) is 12.1 Å². The molecule has 0 saturated carbocycles. The van der Waals surface area contributed by atoms with E-state index in [9.17, 15) is 14.4 Å². The van der Waals surface area contributed by atoms with Gasteiger partial charge in [-0.1, -0.05) is 24.3 Å². The molecule has 1 heterocycles. The van der Waals surface area contributed by atoms with Crippen LogP contribution in [0.25, 0.3) is 0 Å². The number of hydrogen-bond donors (Lipinski definition) is 5. The zero-order valence-electron chi connectivity index (χ0n) is 16.4. The van der Waals surface area contributed by atoms with Gasteiger partial charge in [0.05, 0.1) is 0 Å². The average molecular weight is 411 g/mol. The molecule has 3 amide bonds. The minimum absolute atomic E-state index is 0.197. The Hall–Kier alpha value is -3.27. The summed E-state index contributed by atoms with van der Waals surface area (Å²) in [7, 11) is 0. The minimum atomic E-state index is -0.786. The van der Waals surface area contributed by atoms with Crippen molar-refractivity contribution in [3.05, 3.63) is 65.7 Å². The Morgan fingerprint density at radius 3 is 2.37 bits per heavy atom. The van der Waals surface area contributed by atoms with E-state index in [0.29, 0.717) is 17.8 Å². The number of amides is 3. The molecule has 9 heteroatoms.